The van der Waals surface area contributed by atoms with Crippen LogP contribution in [0, 0.1) is 6.92 Å². The Morgan fingerprint density at radius 1 is 1.23 bits per heavy atom. The van der Waals surface area contributed by atoms with Crippen LogP contribution in [0.4, 0.5) is 5.82 Å². The number of anilines is 1. The van der Waals surface area contributed by atoms with Gasteiger partial charge in [0.15, 0.2) is 0 Å². The molecule has 0 fully saturated rings. The lowest BCUT2D eigenvalue weighted by molar-refractivity contribution is 0.340. The fourth-order valence-electron chi connectivity index (χ4n) is 2.40. The predicted molar refractivity (Wildman–Crippen MR) is 85.2 cm³/mol. The maximum absolute atomic E-state index is 5.47. The number of nitrogens with zero attached hydrogens (tertiary/aromatic N) is 5. The van der Waals surface area contributed by atoms with E-state index in [2.05, 4.69) is 32.1 Å². The van der Waals surface area contributed by atoms with Crippen LogP contribution < -0.4 is 9.64 Å². The van der Waals surface area contributed by atoms with Gasteiger partial charge in [0.1, 0.15) is 17.9 Å². The van der Waals surface area contributed by atoms with Crippen LogP contribution in [0.25, 0.3) is 5.78 Å². The second-order valence-corrected chi connectivity index (χ2v) is 5.16. The summed E-state index contributed by atoms with van der Waals surface area (Å²) in [5.41, 5.74) is 2.13. The van der Waals surface area contributed by atoms with Crippen molar-refractivity contribution in [3.8, 4) is 5.75 Å². The van der Waals surface area contributed by atoms with Gasteiger partial charge in [-0.1, -0.05) is 12.1 Å². The zero-order valence-corrected chi connectivity index (χ0v) is 13.0. The third-order valence-electron chi connectivity index (χ3n) is 3.41. The Bertz CT molecular complexity index is 766. The van der Waals surface area contributed by atoms with E-state index in [-0.39, 0.29) is 0 Å². The van der Waals surface area contributed by atoms with Crippen LogP contribution in [0.3, 0.4) is 0 Å². The van der Waals surface area contributed by atoms with E-state index in [9.17, 15) is 0 Å². The first-order valence-corrected chi connectivity index (χ1v) is 7.27. The second kappa shape index (κ2) is 6.01. The van der Waals surface area contributed by atoms with Crippen molar-refractivity contribution in [1.29, 1.82) is 0 Å². The van der Waals surface area contributed by atoms with E-state index >= 15 is 0 Å². The highest BCUT2D eigenvalue weighted by atomic mass is 16.5. The molecule has 22 heavy (non-hydrogen) atoms. The van der Waals surface area contributed by atoms with Crippen molar-refractivity contribution < 1.29 is 4.74 Å². The first-order chi connectivity index (χ1) is 10.7. The number of aryl methyl sites for hydroxylation is 1. The molecule has 3 aromatic rings. The maximum Gasteiger partial charge on any atom is 0.254 e. The van der Waals surface area contributed by atoms with Crippen LogP contribution in [-0.2, 0) is 6.54 Å². The van der Waals surface area contributed by atoms with Crippen molar-refractivity contribution >= 4 is 11.6 Å². The van der Waals surface area contributed by atoms with Gasteiger partial charge in [-0.15, -0.1) is 0 Å². The van der Waals surface area contributed by atoms with Gasteiger partial charge in [0.2, 0.25) is 0 Å². The fourth-order valence-corrected chi connectivity index (χ4v) is 2.40. The molecule has 0 bridgehead atoms. The van der Waals surface area contributed by atoms with E-state index in [1.807, 2.05) is 39.1 Å². The molecule has 0 spiro atoms. The summed E-state index contributed by atoms with van der Waals surface area (Å²) < 4.78 is 7.22. The van der Waals surface area contributed by atoms with Crippen molar-refractivity contribution in [1.82, 2.24) is 19.6 Å². The summed E-state index contributed by atoms with van der Waals surface area (Å²) >= 11 is 0. The predicted octanol–water partition coefficient (Wildman–Crippen LogP) is 2.47. The van der Waals surface area contributed by atoms with Gasteiger partial charge in [-0.3, -0.25) is 0 Å². The minimum atomic E-state index is 0.619. The molecule has 114 valence electrons. The zero-order chi connectivity index (χ0) is 15.5. The highest BCUT2D eigenvalue weighted by Gasteiger charge is 2.10. The molecule has 0 aliphatic heterocycles. The van der Waals surface area contributed by atoms with E-state index in [0.29, 0.717) is 12.4 Å². The third-order valence-corrected chi connectivity index (χ3v) is 3.41. The van der Waals surface area contributed by atoms with Gasteiger partial charge in [0.25, 0.3) is 5.78 Å². The Kier molecular flexibility index (Phi) is 3.91. The molecule has 2 aromatic heterocycles. The number of hydrogen-bond acceptors (Lipinski definition) is 5. The Hall–Kier alpha value is -2.63. The topological polar surface area (TPSA) is 55.5 Å². The highest BCUT2D eigenvalue weighted by molar-refractivity contribution is 5.47. The third kappa shape index (κ3) is 2.86. The van der Waals surface area contributed by atoms with Gasteiger partial charge >= 0.3 is 0 Å². The number of fused-ring (bicyclic) bond motifs is 1. The Balaban J connectivity index is 1.83. The molecule has 3 rings (SSSR count). The molecule has 0 unspecified atom stereocenters. The minimum absolute atomic E-state index is 0.619. The van der Waals surface area contributed by atoms with Crippen molar-refractivity contribution in [2.24, 2.45) is 0 Å². The number of benzene rings is 1. The minimum Gasteiger partial charge on any atom is -0.494 e. The average Bonchev–Trinajstić information content (AvgIpc) is 2.96. The van der Waals surface area contributed by atoms with Crippen molar-refractivity contribution in [2.75, 3.05) is 18.6 Å². The van der Waals surface area contributed by atoms with Crippen LogP contribution in [0.1, 0.15) is 18.2 Å². The van der Waals surface area contributed by atoms with Crippen LogP contribution in [0.15, 0.2) is 36.7 Å². The molecule has 0 saturated carbocycles. The van der Waals surface area contributed by atoms with Crippen molar-refractivity contribution in [3.05, 3.63) is 47.9 Å². The molecule has 0 saturated heterocycles. The lowest BCUT2D eigenvalue weighted by atomic mass is 10.2. The molecule has 0 atom stereocenters. The standard InChI is InChI=1S/C16H19N5O/c1-4-22-14-7-5-13(6-8-14)10-20(3)15-9-12(2)19-16-17-11-18-21(15)16/h5-9,11H,4,10H2,1-3H3. The van der Waals surface area contributed by atoms with Crippen LogP contribution >= 0.6 is 0 Å². The summed E-state index contributed by atoms with van der Waals surface area (Å²) in [4.78, 5) is 10.7. The Labute approximate surface area is 129 Å². The molecular weight excluding hydrogens is 278 g/mol. The molecule has 0 radical (unpaired) electrons. The average molecular weight is 297 g/mol. The van der Waals surface area contributed by atoms with E-state index in [4.69, 9.17) is 4.74 Å². The number of rotatable bonds is 5. The first kappa shape index (κ1) is 14.3. The second-order valence-electron chi connectivity index (χ2n) is 5.16. The van der Waals surface area contributed by atoms with Gasteiger partial charge in [0.05, 0.1) is 6.61 Å². The summed E-state index contributed by atoms with van der Waals surface area (Å²) in [6.07, 6.45) is 1.52. The SMILES string of the molecule is CCOc1ccc(CN(C)c2cc(C)nc3ncnn23)cc1. The normalized spacial score (nSPS) is 10.9. The Morgan fingerprint density at radius 2 is 2.00 bits per heavy atom. The zero-order valence-electron chi connectivity index (χ0n) is 13.0. The number of hydrogen-bond donors (Lipinski definition) is 0. The Morgan fingerprint density at radius 3 is 2.73 bits per heavy atom. The van der Waals surface area contributed by atoms with Gasteiger partial charge < -0.3 is 9.64 Å². The van der Waals surface area contributed by atoms with E-state index in [1.165, 1.54) is 11.9 Å². The summed E-state index contributed by atoms with van der Waals surface area (Å²) in [6, 6.07) is 10.2. The lowest BCUT2D eigenvalue weighted by Crippen LogP contribution is -2.20. The largest absolute Gasteiger partial charge is 0.494 e. The molecule has 0 N–H and O–H groups in total. The highest BCUT2D eigenvalue weighted by Crippen LogP contribution is 2.18. The summed E-state index contributed by atoms with van der Waals surface area (Å²) in [6.45, 7) is 5.39. The van der Waals surface area contributed by atoms with E-state index < -0.39 is 0 Å². The molecule has 0 aliphatic rings. The summed E-state index contributed by atoms with van der Waals surface area (Å²) in [5, 5.41) is 4.24. The van der Waals surface area contributed by atoms with Crippen LogP contribution in [-0.4, -0.2) is 33.2 Å². The quantitative estimate of drug-likeness (QED) is 0.724. The monoisotopic (exact) mass is 297 g/mol. The smallest absolute Gasteiger partial charge is 0.254 e. The lowest BCUT2D eigenvalue weighted by Gasteiger charge is -2.20. The summed E-state index contributed by atoms with van der Waals surface area (Å²) in [7, 11) is 2.03. The van der Waals surface area contributed by atoms with Crippen molar-refractivity contribution in [3.63, 3.8) is 0 Å². The van der Waals surface area contributed by atoms with Crippen molar-refractivity contribution in [2.45, 2.75) is 20.4 Å². The van der Waals surface area contributed by atoms with Gasteiger partial charge in [-0.05, 0) is 31.5 Å². The van der Waals surface area contributed by atoms with Gasteiger partial charge in [-0.25, -0.2) is 4.98 Å². The van der Waals surface area contributed by atoms with Crippen LogP contribution in [0.2, 0.25) is 0 Å². The molecule has 0 aliphatic carbocycles. The molecule has 1 aromatic carbocycles. The molecule has 2 heterocycles. The number of aromatic nitrogens is 4. The fraction of sp³-hybridized carbons (Fsp3) is 0.312. The van der Waals surface area contributed by atoms with Gasteiger partial charge in [0, 0.05) is 25.4 Å². The maximum atomic E-state index is 5.47. The van der Waals surface area contributed by atoms with E-state index in [0.717, 1.165) is 23.8 Å². The summed E-state index contributed by atoms with van der Waals surface area (Å²) in [5.74, 6) is 2.48. The first-order valence-electron chi connectivity index (χ1n) is 7.27. The number of ether oxygens (including phenoxy) is 1. The van der Waals surface area contributed by atoms with E-state index in [1.54, 1.807) is 4.52 Å². The molecule has 0 amide bonds. The van der Waals surface area contributed by atoms with Crippen LogP contribution in [0.5, 0.6) is 5.75 Å². The molecular formula is C16H19N5O. The van der Waals surface area contributed by atoms with Gasteiger partial charge in [-0.2, -0.15) is 14.6 Å². The molecule has 6 heteroatoms. The molecule has 6 nitrogen and oxygen atoms in total.